The zero-order valence-electron chi connectivity index (χ0n) is 14.7. The highest BCUT2D eigenvalue weighted by atomic mass is 16.7. The Balaban J connectivity index is 1.83. The predicted octanol–water partition coefficient (Wildman–Crippen LogP) is 2.72. The topological polar surface area (TPSA) is 74.0 Å². The second-order valence-corrected chi connectivity index (χ2v) is 6.37. The van der Waals surface area contributed by atoms with Crippen molar-refractivity contribution in [3.63, 3.8) is 0 Å². The fourth-order valence-corrected chi connectivity index (χ4v) is 3.32. The van der Waals surface area contributed by atoms with Gasteiger partial charge in [0.25, 0.3) is 0 Å². The zero-order chi connectivity index (χ0) is 18.3. The van der Waals surface area contributed by atoms with Gasteiger partial charge in [0.1, 0.15) is 0 Å². The molecule has 0 saturated carbocycles. The van der Waals surface area contributed by atoms with Crippen molar-refractivity contribution < 1.29 is 19.0 Å². The lowest BCUT2D eigenvalue weighted by atomic mass is 10.0. The average Bonchev–Trinajstić information content (AvgIpc) is 3.05. The van der Waals surface area contributed by atoms with Gasteiger partial charge < -0.3 is 24.8 Å². The van der Waals surface area contributed by atoms with E-state index < -0.39 is 0 Å². The summed E-state index contributed by atoms with van der Waals surface area (Å²) in [5.41, 5.74) is 9.49. The van der Waals surface area contributed by atoms with Crippen LogP contribution in [0.1, 0.15) is 21.5 Å². The van der Waals surface area contributed by atoms with Gasteiger partial charge in [-0.2, -0.15) is 0 Å². The van der Waals surface area contributed by atoms with Gasteiger partial charge in [-0.1, -0.05) is 0 Å². The smallest absolute Gasteiger partial charge is 0.231 e. The number of hydrogen-bond donors (Lipinski definition) is 1. The quantitative estimate of drug-likeness (QED) is 0.676. The summed E-state index contributed by atoms with van der Waals surface area (Å²) in [5, 5.41) is 0. The Hall–Kier alpha value is -3.15. The Labute approximate surface area is 151 Å². The summed E-state index contributed by atoms with van der Waals surface area (Å²) in [6, 6.07) is 8.93. The number of anilines is 1. The molecule has 26 heavy (non-hydrogen) atoms. The standard InChI is InChI=1S/C20H20N2O4/c1-22-8-7-13-9-17-20(26-11-25-17)19(24-2)15(13)10-16(22)18(23)12-3-5-14(21)6-4-12/h3-6,9-10H,7-8,11,21H2,1-2H3. The third-order valence-corrected chi connectivity index (χ3v) is 4.76. The Morgan fingerprint density at radius 1 is 1.23 bits per heavy atom. The van der Waals surface area contributed by atoms with Crippen LogP contribution in [-0.4, -0.2) is 38.2 Å². The number of nitrogens with two attached hydrogens (primary N) is 1. The first-order chi connectivity index (χ1) is 12.6. The van der Waals surface area contributed by atoms with E-state index in [9.17, 15) is 4.79 Å². The first kappa shape index (κ1) is 16.3. The number of rotatable bonds is 3. The number of fused-ring (bicyclic) bond motifs is 2. The number of Topliss-reactive ketones (excluding diaryl/α,β-unsaturated/α-hetero) is 1. The van der Waals surface area contributed by atoms with Crippen molar-refractivity contribution in [2.75, 3.05) is 33.2 Å². The summed E-state index contributed by atoms with van der Waals surface area (Å²) >= 11 is 0. The average molecular weight is 352 g/mol. The fourth-order valence-electron chi connectivity index (χ4n) is 3.32. The van der Waals surface area contributed by atoms with Crippen LogP contribution in [0.15, 0.2) is 36.0 Å². The normalized spacial score (nSPS) is 15.2. The molecular formula is C20H20N2O4. The van der Waals surface area contributed by atoms with E-state index >= 15 is 0 Å². The van der Waals surface area contributed by atoms with E-state index in [0.717, 1.165) is 17.5 Å². The highest BCUT2D eigenvalue weighted by Crippen LogP contribution is 2.46. The number of carbonyl (C=O) groups excluding carboxylic acids is 1. The van der Waals surface area contributed by atoms with Crippen molar-refractivity contribution in [3.8, 4) is 17.2 Å². The molecule has 0 atom stereocenters. The first-order valence-electron chi connectivity index (χ1n) is 8.41. The van der Waals surface area contributed by atoms with E-state index in [2.05, 4.69) is 0 Å². The number of carbonyl (C=O) groups is 1. The lowest BCUT2D eigenvalue weighted by Gasteiger charge is -2.19. The Kier molecular flexibility index (Phi) is 3.95. The van der Waals surface area contributed by atoms with Gasteiger partial charge in [0.05, 0.1) is 12.8 Å². The van der Waals surface area contributed by atoms with Crippen LogP contribution in [0.2, 0.25) is 0 Å². The van der Waals surface area contributed by atoms with E-state index in [-0.39, 0.29) is 12.6 Å². The molecule has 2 aliphatic heterocycles. The lowest BCUT2D eigenvalue weighted by molar-refractivity contribution is 0.100. The molecule has 0 amide bonds. The highest BCUT2D eigenvalue weighted by Gasteiger charge is 2.28. The van der Waals surface area contributed by atoms with Crippen LogP contribution in [0.3, 0.4) is 0 Å². The summed E-state index contributed by atoms with van der Waals surface area (Å²) in [6.07, 6.45) is 2.65. The van der Waals surface area contributed by atoms with Crippen LogP contribution in [0.5, 0.6) is 17.2 Å². The van der Waals surface area contributed by atoms with Gasteiger partial charge in [-0.15, -0.1) is 0 Å². The van der Waals surface area contributed by atoms with Crippen LogP contribution in [0.25, 0.3) is 6.08 Å². The van der Waals surface area contributed by atoms with Crippen molar-refractivity contribution in [1.82, 2.24) is 4.90 Å². The third-order valence-electron chi connectivity index (χ3n) is 4.76. The Morgan fingerprint density at radius 3 is 2.73 bits per heavy atom. The molecule has 2 aliphatic rings. The minimum Gasteiger partial charge on any atom is -0.492 e. The number of allylic oxidation sites excluding steroid dienone is 1. The molecule has 2 aromatic carbocycles. The molecule has 134 valence electrons. The van der Waals surface area contributed by atoms with Crippen LogP contribution in [0, 0.1) is 0 Å². The first-order valence-corrected chi connectivity index (χ1v) is 8.41. The summed E-state index contributed by atoms with van der Waals surface area (Å²) in [4.78, 5) is 15.0. The molecule has 0 fully saturated rings. The van der Waals surface area contributed by atoms with Crippen LogP contribution < -0.4 is 19.9 Å². The van der Waals surface area contributed by atoms with Gasteiger partial charge in [0.2, 0.25) is 18.3 Å². The number of methoxy groups -OCH3 is 1. The molecule has 0 spiro atoms. The maximum absolute atomic E-state index is 13.1. The van der Waals surface area contributed by atoms with Crippen LogP contribution in [-0.2, 0) is 6.42 Å². The molecule has 2 heterocycles. The van der Waals surface area contributed by atoms with E-state index in [1.807, 2.05) is 24.1 Å². The third kappa shape index (κ3) is 2.63. The number of likely N-dealkylation sites (N-methyl/N-ethyl adjacent to an activating group) is 1. The van der Waals surface area contributed by atoms with E-state index in [4.69, 9.17) is 19.9 Å². The zero-order valence-corrected chi connectivity index (χ0v) is 14.7. The number of ether oxygens (including phenoxy) is 3. The van der Waals surface area contributed by atoms with Crippen molar-refractivity contribution >= 4 is 17.5 Å². The monoisotopic (exact) mass is 352 g/mol. The summed E-state index contributed by atoms with van der Waals surface area (Å²) in [5.74, 6) is 1.82. The molecule has 6 nitrogen and oxygen atoms in total. The highest BCUT2D eigenvalue weighted by molar-refractivity contribution is 6.11. The predicted molar refractivity (Wildman–Crippen MR) is 98.6 cm³/mol. The molecule has 2 N–H and O–H groups in total. The lowest BCUT2D eigenvalue weighted by Crippen LogP contribution is -2.24. The molecule has 0 saturated heterocycles. The van der Waals surface area contributed by atoms with E-state index in [1.165, 1.54) is 0 Å². The van der Waals surface area contributed by atoms with Crippen molar-refractivity contribution in [2.24, 2.45) is 0 Å². The van der Waals surface area contributed by atoms with Gasteiger partial charge in [0, 0.05) is 30.4 Å². The minimum atomic E-state index is -0.0555. The number of ketones is 1. The maximum Gasteiger partial charge on any atom is 0.231 e. The number of nitrogens with zero attached hydrogens (tertiary/aromatic N) is 1. The molecule has 2 aromatic rings. The molecule has 0 bridgehead atoms. The molecule has 0 unspecified atom stereocenters. The van der Waals surface area contributed by atoms with Gasteiger partial charge in [-0.3, -0.25) is 4.79 Å². The second kappa shape index (κ2) is 6.29. The number of hydrogen-bond acceptors (Lipinski definition) is 6. The molecule has 4 rings (SSSR count). The van der Waals surface area contributed by atoms with Gasteiger partial charge in [-0.25, -0.2) is 0 Å². The van der Waals surface area contributed by atoms with Crippen molar-refractivity contribution in [3.05, 3.63) is 52.7 Å². The molecule has 0 radical (unpaired) electrons. The fraction of sp³-hybridized carbons (Fsp3) is 0.250. The number of nitrogen functional groups attached to an aromatic ring is 1. The molecule has 6 heteroatoms. The van der Waals surface area contributed by atoms with E-state index in [0.29, 0.717) is 40.7 Å². The number of benzene rings is 2. The summed E-state index contributed by atoms with van der Waals surface area (Å²) < 4.78 is 16.7. The Morgan fingerprint density at radius 2 is 2.00 bits per heavy atom. The van der Waals surface area contributed by atoms with Crippen LogP contribution in [0.4, 0.5) is 5.69 Å². The minimum absolute atomic E-state index is 0.0555. The van der Waals surface area contributed by atoms with E-state index in [1.54, 1.807) is 31.4 Å². The SMILES string of the molecule is COc1c2c(cc3c1OCO3)CCN(C)C(C(=O)c1ccc(N)cc1)=C2. The molecule has 0 aliphatic carbocycles. The maximum atomic E-state index is 13.1. The van der Waals surface area contributed by atoms with Crippen LogP contribution >= 0.6 is 0 Å². The van der Waals surface area contributed by atoms with Gasteiger partial charge >= 0.3 is 0 Å². The van der Waals surface area contributed by atoms with Gasteiger partial charge in [0.15, 0.2) is 11.5 Å². The Bertz CT molecular complexity index is 903. The largest absolute Gasteiger partial charge is 0.492 e. The second-order valence-electron chi connectivity index (χ2n) is 6.37. The summed E-state index contributed by atoms with van der Waals surface area (Å²) in [7, 11) is 3.52. The molecule has 0 aromatic heterocycles. The van der Waals surface area contributed by atoms with Crippen molar-refractivity contribution in [1.29, 1.82) is 0 Å². The van der Waals surface area contributed by atoms with Gasteiger partial charge in [-0.05, 0) is 48.4 Å². The summed E-state index contributed by atoms with van der Waals surface area (Å²) in [6.45, 7) is 0.887. The van der Waals surface area contributed by atoms with Crippen molar-refractivity contribution in [2.45, 2.75) is 6.42 Å². The molecular weight excluding hydrogens is 332 g/mol.